The second kappa shape index (κ2) is 6.61. The summed E-state index contributed by atoms with van der Waals surface area (Å²) in [4.78, 5) is 15.8. The Morgan fingerprint density at radius 1 is 1.47 bits per heavy atom. The number of amides is 2. The number of nitrogens with two attached hydrogens (primary N) is 1. The van der Waals surface area contributed by atoms with Crippen molar-refractivity contribution in [3.63, 3.8) is 0 Å². The topological polar surface area (TPSA) is 49.6 Å². The molecule has 0 saturated heterocycles. The lowest BCUT2D eigenvalue weighted by Crippen LogP contribution is -2.45. The minimum Gasteiger partial charge on any atom is -0.393 e. The summed E-state index contributed by atoms with van der Waals surface area (Å²) >= 11 is 4.81. The minimum absolute atomic E-state index is 0.0313. The lowest BCUT2D eigenvalue weighted by atomic mass is 10.3. The largest absolute Gasteiger partial charge is 0.393 e. The van der Waals surface area contributed by atoms with E-state index in [2.05, 4.69) is 0 Å². The van der Waals surface area contributed by atoms with Gasteiger partial charge >= 0.3 is 6.03 Å². The molecule has 0 rings (SSSR count). The van der Waals surface area contributed by atoms with E-state index in [1.807, 2.05) is 20.8 Å². The summed E-state index contributed by atoms with van der Waals surface area (Å²) < 4.78 is 0. The monoisotopic (exact) mass is 231 g/mol. The quantitative estimate of drug-likeness (QED) is 0.729. The van der Waals surface area contributed by atoms with Crippen molar-refractivity contribution in [2.45, 2.75) is 33.2 Å². The summed E-state index contributed by atoms with van der Waals surface area (Å²) in [6.45, 7) is 7.22. The Morgan fingerprint density at radius 2 is 2.00 bits per heavy atom. The zero-order valence-electron chi connectivity index (χ0n) is 9.99. The molecule has 88 valence electrons. The van der Waals surface area contributed by atoms with Gasteiger partial charge in [0.05, 0.1) is 4.99 Å². The molecule has 0 aliphatic heterocycles. The van der Waals surface area contributed by atoms with Gasteiger partial charge in [0.1, 0.15) is 0 Å². The van der Waals surface area contributed by atoms with Crippen LogP contribution in [0.4, 0.5) is 4.79 Å². The Balaban J connectivity index is 4.38. The molecule has 4 nitrogen and oxygen atoms in total. The number of hydrogen-bond donors (Lipinski definition) is 1. The van der Waals surface area contributed by atoms with E-state index in [9.17, 15) is 4.79 Å². The highest BCUT2D eigenvalue weighted by molar-refractivity contribution is 7.80. The summed E-state index contributed by atoms with van der Waals surface area (Å²) in [5.41, 5.74) is 5.43. The van der Waals surface area contributed by atoms with E-state index in [0.29, 0.717) is 24.5 Å². The van der Waals surface area contributed by atoms with E-state index in [1.165, 1.54) is 0 Å². The number of nitrogens with zero attached hydrogens (tertiary/aromatic N) is 2. The molecule has 0 aliphatic carbocycles. The number of carbonyl (C=O) groups is 1. The van der Waals surface area contributed by atoms with Gasteiger partial charge in [0.15, 0.2) is 0 Å². The number of hydrogen-bond acceptors (Lipinski definition) is 2. The first-order chi connectivity index (χ1) is 6.90. The van der Waals surface area contributed by atoms with E-state index in [1.54, 1.807) is 16.8 Å². The van der Waals surface area contributed by atoms with Crippen LogP contribution in [0.1, 0.15) is 27.2 Å². The highest BCUT2D eigenvalue weighted by atomic mass is 32.1. The van der Waals surface area contributed by atoms with Crippen LogP contribution in [0.5, 0.6) is 0 Å². The van der Waals surface area contributed by atoms with Gasteiger partial charge in [-0.3, -0.25) is 0 Å². The lowest BCUT2D eigenvalue weighted by Gasteiger charge is -2.30. The molecule has 0 unspecified atom stereocenters. The van der Waals surface area contributed by atoms with Crippen molar-refractivity contribution in [3.8, 4) is 0 Å². The van der Waals surface area contributed by atoms with Gasteiger partial charge in [-0.1, -0.05) is 12.2 Å². The zero-order valence-corrected chi connectivity index (χ0v) is 10.8. The van der Waals surface area contributed by atoms with Gasteiger partial charge in [0.2, 0.25) is 0 Å². The van der Waals surface area contributed by atoms with E-state index >= 15 is 0 Å². The SMILES string of the molecule is CCN(C)C(=O)N(CCC(N)=S)C(C)C. The van der Waals surface area contributed by atoms with E-state index in [4.69, 9.17) is 18.0 Å². The average Bonchev–Trinajstić information content (AvgIpc) is 2.15. The van der Waals surface area contributed by atoms with Gasteiger partial charge in [0.25, 0.3) is 0 Å². The highest BCUT2D eigenvalue weighted by Gasteiger charge is 2.19. The molecule has 0 aromatic carbocycles. The molecule has 0 heterocycles. The van der Waals surface area contributed by atoms with Crippen LogP contribution in [0.25, 0.3) is 0 Å². The van der Waals surface area contributed by atoms with Crippen molar-refractivity contribution in [2.24, 2.45) is 5.73 Å². The Labute approximate surface area is 97.4 Å². The van der Waals surface area contributed by atoms with E-state index < -0.39 is 0 Å². The molecule has 0 bridgehead atoms. The molecule has 0 radical (unpaired) electrons. The first kappa shape index (κ1) is 14.2. The van der Waals surface area contributed by atoms with Crippen molar-refractivity contribution >= 4 is 23.2 Å². The molecule has 0 fully saturated rings. The van der Waals surface area contributed by atoms with Crippen LogP contribution in [0.3, 0.4) is 0 Å². The number of thiocarbonyl (C=S) groups is 1. The molecule has 0 saturated carbocycles. The van der Waals surface area contributed by atoms with Crippen molar-refractivity contribution in [3.05, 3.63) is 0 Å². The third-order valence-electron chi connectivity index (χ3n) is 2.27. The predicted octanol–water partition coefficient (Wildman–Crippen LogP) is 1.44. The number of rotatable bonds is 5. The molecule has 0 atom stereocenters. The average molecular weight is 231 g/mol. The predicted molar refractivity (Wildman–Crippen MR) is 66.9 cm³/mol. The summed E-state index contributed by atoms with van der Waals surface area (Å²) in [5, 5.41) is 0. The van der Waals surface area contributed by atoms with Crippen LogP contribution in [-0.2, 0) is 0 Å². The van der Waals surface area contributed by atoms with Gasteiger partial charge in [-0.05, 0) is 20.8 Å². The maximum atomic E-state index is 11.9. The Hall–Kier alpha value is -0.840. The summed E-state index contributed by atoms with van der Waals surface area (Å²) in [6, 6.07) is 0.199. The fraction of sp³-hybridized carbons (Fsp3) is 0.800. The van der Waals surface area contributed by atoms with Crippen molar-refractivity contribution < 1.29 is 4.79 Å². The van der Waals surface area contributed by atoms with Crippen LogP contribution in [0, 0.1) is 0 Å². The summed E-state index contributed by atoms with van der Waals surface area (Å²) in [5.74, 6) is 0. The molecule has 2 amide bonds. The van der Waals surface area contributed by atoms with Crippen molar-refractivity contribution in [1.29, 1.82) is 0 Å². The molecule has 5 heteroatoms. The van der Waals surface area contributed by atoms with Crippen LogP contribution in [-0.4, -0.2) is 47.0 Å². The lowest BCUT2D eigenvalue weighted by molar-refractivity contribution is 0.153. The number of carbonyl (C=O) groups excluding carboxylic acids is 1. The fourth-order valence-corrected chi connectivity index (χ4v) is 1.25. The molecule has 0 spiro atoms. The standard InChI is InChI=1S/C10H21N3OS/c1-5-12(4)10(14)13(8(2)3)7-6-9(11)15/h8H,5-7H2,1-4H3,(H2,11,15). The Morgan fingerprint density at radius 3 is 2.33 bits per heavy atom. The van der Waals surface area contributed by atoms with E-state index in [0.717, 1.165) is 0 Å². The molecular formula is C10H21N3OS. The van der Waals surface area contributed by atoms with Crippen LogP contribution >= 0.6 is 12.2 Å². The zero-order chi connectivity index (χ0) is 12.0. The number of urea groups is 1. The summed E-state index contributed by atoms with van der Waals surface area (Å²) in [7, 11) is 1.79. The van der Waals surface area contributed by atoms with Crippen LogP contribution < -0.4 is 5.73 Å². The van der Waals surface area contributed by atoms with Crippen LogP contribution in [0.15, 0.2) is 0 Å². The molecule has 0 aromatic rings. The van der Waals surface area contributed by atoms with Crippen LogP contribution in [0.2, 0.25) is 0 Å². The third kappa shape index (κ3) is 4.97. The first-order valence-electron chi connectivity index (χ1n) is 5.20. The summed E-state index contributed by atoms with van der Waals surface area (Å²) in [6.07, 6.45) is 0.580. The van der Waals surface area contributed by atoms with Gasteiger partial charge < -0.3 is 15.5 Å². The van der Waals surface area contributed by atoms with Gasteiger partial charge in [-0.15, -0.1) is 0 Å². The maximum Gasteiger partial charge on any atom is 0.319 e. The normalized spacial score (nSPS) is 10.2. The molecule has 15 heavy (non-hydrogen) atoms. The van der Waals surface area contributed by atoms with Gasteiger partial charge in [-0.2, -0.15) is 0 Å². The van der Waals surface area contributed by atoms with Gasteiger partial charge in [0, 0.05) is 32.6 Å². The molecule has 0 aromatic heterocycles. The highest BCUT2D eigenvalue weighted by Crippen LogP contribution is 2.04. The molecular weight excluding hydrogens is 210 g/mol. The van der Waals surface area contributed by atoms with Crippen molar-refractivity contribution in [1.82, 2.24) is 9.80 Å². The second-order valence-electron chi connectivity index (χ2n) is 3.80. The Kier molecular flexibility index (Phi) is 6.24. The van der Waals surface area contributed by atoms with E-state index in [-0.39, 0.29) is 12.1 Å². The third-order valence-corrected chi connectivity index (χ3v) is 2.47. The fourth-order valence-electron chi connectivity index (χ4n) is 1.16. The maximum absolute atomic E-state index is 11.9. The molecule has 2 N–H and O–H groups in total. The second-order valence-corrected chi connectivity index (χ2v) is 4.32. The Bertz CT molecular complexity index is 231. The first-order valence-corrected chi connectivity index (χ1v) is 5.61. The smallest absolute Gasteiger partial charge is 0.319 e. The van der Waals surface area contributed by atoms with Gasteiger partial charge in [-0.25, -0.2) is 4.79 Å². The van der Waals surface area contributed by atoms with Crippen molar-refractivity contribution in [2.75, 3.05) is 20.1 Å². The molecule has 0 aliphatic rings. The minimum atomic E-state index is 0.0313.